The Morgan fingerprint density at radius 3 is 2.64 bits per heavy atom. The van der Waals surface area contributed by atoms with E-state index in [1.165, 1.54) is 6.07 Å². The molecule has 0 aliphatic carbocycles. The second-order valence-corrected chi connectivity index (χ2v) is 4.14. The molecule has 60 valence electrons. The Labute approximate surface area is 74.6 Å². The van der Waals surface area contributed by atoms with Gasteiger partial charge in [0.05, 0.1) is 0 Å². The van der Waals surface area contributed by atoms with Crippen LogP contribution in [0.3, 0.4) is 0 Å². The fourth-order valence-corrected chi connectivity index (χ4v) is 1.32. The van der Waals surface area contributed by atoms with Gasteiger partial charge >= 0.3 is 0 Å². The minimum atomic E-state index is -0.112. The Bertz CT molecular complexity index is 233. The molecule has 11 heavy (non-hydrogen) atoms. The first-order valence-corrected chi connectivity index (χ1v) is 4.49. The maximum atomic E-state index is 12.9. The summed E-state index contributed by atoms with van der Waals surface area (Å²) in [5.41, 5.74) is 0.775. The Balaban J connectivity index is 2.78. The highest BCUT2D eigenvalue weighted by Crippen LogP contribution is 2.12. The van der Waals surface area contributed by atoms with Crippen LogP contribution in [0.25, 0.3) is 0 Å². The van der Waals surface area contributed by atoms with E-state index in [0.717, 1.165) is 12.0 Å². The molecule has 2 heteroatoms. The summed E-state index contributed by atoms with van der Waals surface area (Å²) in [4.78, 5) is 0.333. The predicted molar refractivity (Wildman–Crippen MR) is 48.5 cm³/mol. The minimum Gasteiger partial charge on any atom is -0.207 e. The molecule has 1 atom stereocenters. The summed E-state index contributed by atoms with van der Waals surface area (Å²) in [7, 11) is 0. The van der Waals surface area contributed by atoms with E-state index in [0.29, 0.717) is 4.83 Å². The Hall–Kier alpha value is -0.370. The second kappa shape index (κ2) is 3.86. The zero-order chi connectivity index (χ0) is 8.27. The molecular formula is C9H10BrF. The van der Waals surface area contributed by atoms with Crippen LogP contribution in [0.4, 0.5) is 4.39 Å². The maximum absolute atomic E-state index is 12.9. The molecule has 0 saturated carbocycles. The minimum absolute atomic E-state index is 0.112. The maximum Gasteiger partial charge on any atom is 0.126 e. The van der Waals surface area contributed by atoms with Crippen molar-refractivity contribution in [1.82, 2.24) is 0 Å². The van der Waals surface area contributed by atoms with Crippen LogP contribution in [0.2, 0.25) is 0 Å². The van der Waals surface area contributed by atoms with Crippen molar-refractivity contribution in [2.24, 2.45) is 0 Å². The average molecular weight is 217 g/mol. The summed E-state index contributed by atoms with van der Waals surface area (Å²) in [5, 5.41) is 0. The summed E-state index contributed by atoms with van der Waals surface area (Å²) >= 11 is 3.38. The van der Waals surface area contributed by atoms with Gasteiger partial charge < -0.3 is 0 Å². The van der Waals surface area contributed by atoms with Crippen molar-refractivity contribution in [3.8, 4) is 0 Å². The van der Waals surface area contributed by atoms with Crippen LogP contribution in [0, 0.1) is 5.82 Å². The topological polar surface area (TPSA) is 0 Å². The smallest absolute Gasteiger partial charge is 0.126 e. The molecule has 1 unspecified atom stereocenters. The van der Waals surface area contributed by atoms with Gasteiger partial charge in [0.1, 0.15) is 5.82 Å². The third-order valence-electron chi connectivity index (χ3n) is 1.46. The summed E-state index contributed by atoms with van der Waals surface area (Å²) in [5.74, 6) is -0.112. The largest absolute Gasteiger partial charge is 0.207 e. The lowest BCUT2D eigenvalue weighted by Crippen LogP contribution is -1.98. The molecule has 0 radical (unpaired) electrons. The van der Waals surface area contributed by atoms with Crippen molar-refractivity contribution in [2.75, 3.05) is 0 Å². The number of halogens is 2. The third-order valence-corrected chi connectivity index (χ3v) is 1.78. The fraction of sp³-hybridized carbons (Fsp3) is 0.333. The van der Waals surface area contributed by atoms with Crippen LogP contribution < -0.4 is 0 Å². The van der Waals surface area contributed by atoms with Gasteiger partial charge in [-0.1, -0.05) is 41.1 Å². The molecular weight excluding hydrogens is 207 g/mol. The van der Waals surface area contributed by atoms with Gasteiger partial charge in [-0.2, -0.15) is 0 Å². The molecule has 0 amide bonds. The highest BCUT2D eigenvalue weighted by Gasteiger charge is 2.02. The van der Waals surface area contributed by atoms with E-state index in [2.05, 4.69) is 15.9 Å². The normalized spacial score (nSPS) is 13.0. The van der Waals surface area contributed by atoms with Crippen molar-refractivity contribution < 1.29 is 4.39 Å². The number of benzene rings is 1. The number of rotatable bonds is 2. The number of hydrogen-bond donors (Lipinski definition) is 0. The van der Waals surface area contributed by atoms with E-state index in [4.69, 9.17) is 0 Å². The van der Waals surface area contributed by atoms with Gasteiger partial charge in [-0.3, -0.25) is 0 Å². The molecule has 0 nitrogen and oxygen atoms in total. The first-order chi connectivity index (χ1) is 5.20. The lowest BCUT2D eigenvalue weighted by molar-refractivity contribution is 0.609. The van der Waals surface area contributed by atoms with Crippen molar-refractivity contribution in [3.63, 3.8) is 0 Å². The quantitative estimate of drug-likeness (QED) is 0.667. The Kier molecular flexibility index (Phi) is 3.06. The number of alkyl halides is 1. The molecule has 0 heterocycles. The highest BCUT2D eigenvalue weighted by molar-refractivity contribution is 9.09. The first-order valence-electron chi connectivity index (χ1n) is 3.57. The molecule has 1 aromatic rings. The molecule has 0 aliphatic heterocycles. The van der Waals surface area contributed by atoms with Crippen LogP contribution in [-0.2, 0) is 6.42 Å². The van der Waals surface area contributed by atoms with Crippen LogP contribution in [0.15, 0.2) is 24.3 Å². The first kappa shape index (κ1) is 8.72. The summed E-state index contributed by atoms with van der Waals surface area (Å²) < 4.78 is 12.9. The standard InChI is InChI=1S/C9H10BrF/c1-7(10)6-8-4-2-3-5-9(8)11/h2-5,7H,6H2,1H3. The molecule has 0 bridgehead atoms. The Morgan fingerprint density at radius 2 is 2.09 bits per heavy atom. The van der Waals surface area contributed by atoms with Gasteiger partial charge in [0, 0.05) is 4.83 Å². The molecule has 0 saturated heterocycles. The van der Waals surface area contributed by atoms with E-state index in [9.17, 15) is 4.39 Å². The van der Waals surface area contributed by atoms with E-state index < -0.39 is 0 Å². The van der Waals surface area contributed by atoms with Crippen LogP contribution >= 0.6 is 15.9 Å². The lowest BCUT2D eigenvalue weighted by Gasteiger charge is -2.03. The van der Waals surface area contributed by atoms with Gasteiger partial charge in [-0.15, -0.1) is 0 Å². The summed E-state index contributed by atoms with van der Waals surface area (Å²) in [6.45, 7) is 2.01. The van der Waals surface area contributed by atoms with Crippen LogP contribution in [0.5, 0.6) is 0 Å². The van der Waals surface area contributed by atoms with Gasteiger partial charge in [0.15, 0.2) is 0 Å². The Morgan fingerprint density at radius 1 is 1.45 bits per heavy atom. The fourth-order valence-electron chi connectivity index (χ4n) is 0.967. The summed E-state index contributed by atoms with van der Waals surface area (Å²) in [6.07, 6.45) is 0.743. The van der Waals surface area contributed by atoms with Gasteiger partial charge in [-0.25, -0.2) is 4.39 Å². The van der Waals surface area contributed by atoms with Crippen molar-refractivity contribution in [3.05, 3.63) is 35.6 Å². The van der Waals surface area contributed by atoms with E-state index in [1.807, 2.05) is 19.1 Å². The highest BCUT2D eigenvalue weighted by atomic mass is 79.9. The molecule has 0 fully saturated rings. The van der Waals surface area contributed by atoms with Gasteiger partial charge in [0.25, 0.3) is 0 Å². The van der Waals surface area contributed by atoms with E-state index in [1.54, 1.807) is 6.07 Å². The van der Waals surface area contributed by atoms with Crippen molar-refractivity contribution in [2.45, 2.75) is 18.2 Å². The predicted octanol–water partition coefficient (Wildman–Crippen LogP) is 3.15. The molecule has 0 aromatic heterocycles. The third kappa shape index (κ3) is 2.62. The lowest BCUT2D eigenvalue weighted by atomic mass is 10.1. The van der Waals surface area contributed by atoms with Gasteiger partial charge in [0.2, 0.25) is 0 Å². The monoisotopic (exact) mass is 216 g/mol. The molecule has 0 spiro atoms. The second-order valence-electron chi connectivity index (χ2n) is 2.58. The summed E-state index contributed by atoms with van der Waals surface area (Å²) in [6, 6.07) is 6.86. The SMILES string of the molecule is CC(Br)Cc1ccccc1F. The average Bonchev–Trinajstić information content (AvgIpc) is 1.93. The number of hydrogen-bond acceptors (Lipinski definition) is 0. The molecule has 0 N–H and O–H groups in total. The molecule has 0 aliphatic rings. The molecule has 1 rings (SSSR count). The van der Waals surface area contributed by atoms with E-state index >= 15 is 0 Å². The van der Waals surface area contributed by atoms with Crippen molar-refractivity contribution in [1.29, 1.82) is 0 Å². The van der Waals surface area contributed by atoms with Gasteiger partial charge in [-0.05, 0) is 18.1 Å². The van der Waals surface area contributed by atoms with Crippen LogP contribution in [0.1, 0.15) is 12.5 Å². The van der Waals surface area contributed by atoms with Crippen molar-refractivity contribution >= 4 is 15.9 Å². The zero-order valence-corrected chi connectivity index (χ0v) is 7.94. The molecule has 1 aromatic carbocycles. The van der Waals surface area contributed by atoms with E-state index in [-0.39, 0.29) is 5.82 Å². The van der Waals surface area contributed by atoms with Crippen LogP contribution in [-0.4, -0.2) is 4.83 Å². The zero-order valence-electron chi connectivity index (χ0n) is 6.35.